The molecule has 0 bridgehead atoms. The van der Waals surface area contributed by atoms with Crippen LogP contribution in [0.2, 0.25) is 0 Å². The van der Waals surface area contributed by atoms with E-state index in [9.17, 15) is 4.79 Å². The fourth-order valence-corrected chi connectivity index (χ4v) is 2.14. The molecule has 1 rings (SSSR count). The lowest BCUT2D eigenvalue weighted by Gasteiger charge is -2.34. The Bertz CT molecular complexity index is 206. The van der Waals surface area contributed by atoms with E-state index < -0.39 is 0 Å². The molecule has 3 nitrogen and oxygen atoms in total. The van der Waals surface area contributed by atoms with E-state index in [4.69, 9.17) is 0 Å². The predicted molar refractivity (Wildman–Crippen MR) is 62.7 cm³/mol. The standard InChI is InChI=1S/C12H24N2O/c1-4-7-13-12(15)11(3)14-8-5-6-10(2)9-14/h10-11H,4-9H2,1-3H3,(H,13,15)/t10-,11+/m0/s1. The second-order valence-corrected chi connectivity index (χ2v) is 4.71. The molecule has 0 aliphatic carbocycles. The van der Waals surface area contributed by atoms with E-state index in [1.807, 2.05) is 6.92 Å². The summed E-state index contributed by atoms with van der Waals surface area (Å²) in [5.74, 6) is 0.922. The molecule has 1 N–H and O–H groups in total. The Labute approximate surface area is 93.2 Å². The van der Waals surface area contributed by atoms with Gasteiger partial charge in [-0.2, -0.15) is 0 Å². The lowest BCUT2D eigenvalue weighted by Crippen LogP contribution is -2.48. The second-order valence-electron chi connectivity index (χ2n) is 4.71. The van der Waals surface area contributed by atoms with E-state index in [0.717, 1.165) is 32.0 Å². The van der Waals surface area contributed by atoms with E-state index in [2.05, 4.69) is 24.1 Å². The van der Waals surface area contributed by atoms with Gasteiger partial charge in [0, 0.05) is 13.1 Å². The number of nitrogens with one attached hydrogen (secondary N) is 1. The van der Waals surface area contributed by atoms with Crippen LogP contribution in [0.15, 0.2) is 0 Å². The molecule has 0 spiro atoms. The van der Waals surface area contributed by atoms with Crippen molar-refractivity contribution in [2.45, 2.75) is 46.1 Å². The molecule has 0 radical (unpaired) electrons. The maximum absolute atomic E-state index is 11.8. The highest BCUT2D eigenvalue weighted by Crippen LogP contribution is 2.17. The molecule has 1 heterocycles. The number of carbonyl (C=O) groups is 1. The van der Waals surface area contributed by atoms with E-state index in [-0.39, 0.29) is 11.9 Å². The van der Waals surface area contributed by atoms with Gasteiger partial charge in [-0.15, -0.1) is 0 Å². The molecular formula is C12H24N2O. The maximum Gasteiger partial charge on any atom is 0.237 e. The number of carbonyl (C=O) groups excluding carboxylic acids is 1. The van der Waals surface area contributed by atoms with Crippen LogP contribution in [0.5, 0.6) is 0 Å². The van der Waals surface area contributed by atoms with Gasteiger partial charge in [0.25, 0.3) is 0 Å². The second kappa shape index (κ2) is 6.11. The Morgan fingerprint density at radius 1 is 1.60 bits per heavy atom. The molecule has 0 unspecified atom stereocenters. The number of likely N-dealkylation sites (tertiary alicyclic amines) is 1. The Morgan fingerprint density at radius 3 is 2.93 bits per heavy atom. The molecule has 3 heteroatoms. The topological polar surface area (TPSA) is 32.3 Å². The molecule has 0 aromatic rings. The van der Waals surface area contributed by atoms with Gasteiger partial charge in [0.1, 0.15) is 0 Å². The molecule has 1 aliphatic heterocycles. The third kappa shape index (κ3) is 3.82. The predicted octanol–water partition coefficient (Wildman–Crippen LogP) is 1.63. The summed E-state index contributed by atoms with van der Waals surface area (Å²) in [6.07, 6.45) is 3.54. The van der Waals surface area contributed by atoms with Crippen molar-refractivity contribution < 1.29 is 4.79 Å². The first-order valence-electron chi connectivity index (χ1n) is 6.17. The van der Waals surface area contributed by atoms with Gasteiger partial charge in [0.2, 0.25) is 5.91 Å². The van der Waals surface area contributed by atoms with Crippen LogP contribution in [0, 0.1) is 5.92 Å². The molecule has 2 atom stereocenters. The molecule has 88 valence electrons. The van der Waals surface area contributed by atoms with Gasteiger partial charge in [-0.1, -0.05) is 13.8 Å². The Morgan fingerprint density at radius 2 is 2.33 bits per heavy atom. The van der Waals surface area contributed by atoms with Crippen LogP contribution in [0.1, 0.15) is 40.0 Å². The largest absolute Gasteiger partial charge is 0.355 e. The van der Waals surface area contributed by atoms with E-state index in [1.165, 1.54) is 12.8 Å². The highest BCUT2D eigenvalue weighted by Gasteiger charge is 2.24. The lowest BCUT2D eigenvalue weighted by molar-refractivity contribution is -0.126. The molecule has 1 saturated heterocycles. The first-order valence-corrected chi connectivity index (χ1v) is 6.17. The summed E-state index contributed by atoms with van der Waals surface area (Å²) >= 11 is 0. The summed E-state index contributed by atoms with van der Waals surface area (Å²) in [6.45, 7) is 9.30. The van der Waals surface area contributed by atoms with Gasteiger partial charge in [0.05, 0.1) is 6.04 Å². The van der Waals surface area contributed by atoms with Crippen molar-refractivity contribution in [3.8, 4) is 0 Å². The molecule has 1 aliphatic rings. The fraction of sp³-hybridized carbons (Fsp3) is 0.917. The summed E-state index contributed by atoms with van der Waals surface area (Å²) in [4.78, 5) is 14.1. The maximum atomic E-state index is 11.8. The average Bonchev–Trinajstić information content (AvgIpc) is 2.24. The van der Waals surface area contributed by atoms with Crippen LogP contribution in [0.3, 0.4) is 0 Å². The third-order valence-electron chi connectivity index (χ3n) is 3.16. The van der Waals surface area contributed by atoms with Gasteiger partial charge < -0.3 is 5.32 Å². The van der Waals surface area contributed by atoms with Crippen LogP contribution in [0.25, 0.3) is 0 Å². The van der Waals surface area contributed by atoms with Crippen LogP contribution >= 0.6 is 0 Å². The van der Waals surface area contributed by atoms with E-state index in [0.29, 0.717) is 0 Å². The summed E-state index contributed by atoms with van der Waals surface area (Å²) in [5, 5.41) is 2.96. The summed E-state index contributed by atoms with van der Waals surface area (Å²) in [6, 6.07) is 0.0410. The van der Waals surface area contributed by atoms with Gasteiger partial charge >= 0.3 is 0 Å². The molecule has 0 aromatic carbocycles. The van der Waals surface area contributed by atoms with Crippen LogP contribution in [-0.4, -0.2) is 36.5 Å². The summed E-state index contributed by atoms with van der Waals surface area (Å²) < 4.78 is 0. The molecule has 1 amide bonds. The van der Waals surface area contributed by atoms with Crippen molar-refractivity contribution in [1.29, 1.82) is 0 Å². The summed E-state index contributed by atoms with van der Waals surface area (Å²) in [5.41, 5.74) is 0. The van der Waals surface area contributed by atoms with Crippen molar-refractivity contribution in [3.05, 3.63) is 0 Å². The number of piperidine rings is 1. The first kappa shape index (κ1) is 12.5. The van der Waals surface area contributed by atoms with Gasteiger partial charge in [-0.3, -0.25) is 9.69 Å². The van der Waals surface area contributed by atoms with Crippen molar-refractivity contribution in [1.82, 2.24) is 10.2 Å². The van der Waals surface area contributed by atoms with Gasteiger partial charge in [0.15, 0.2) is 0 Å². The Balaban J connectivity index is 2.37. The van der Waals surface area contributed by atoms with E-state index in [1.54, 1.807) is 0 Å². The SMILES string of the molecule is CCCNC(=O)[C@@H](C)N1CCC[C@H](C)C1. The molecule has 0 aromatic heterocycles. The minimum absolute atomic E-state index is 0.0410. The number of amides is 1. The zero-order valence-electron chi connectivity index (χ0n) is 10.3. The van der Waals surface area contributed by atoms with Crippen LogP contribution in [0.4, 0.5) is 0 Å². The Hall–Kier alpha value is -0.570. The van der Waals surface area contributed by atoms with Crippen molar-refractivity contribution in [2.75, 3.05) is 19.6 Å². The minimum Gasteiger partial charge on any atom is -0.355 e. The zero-order valence-corrected chi connectivity index (χ0v) is 10.3. The third-order valence-corrected chi connectivity index (χ3v) is 3.16. The number of hydrogen-bond acceptors (Lipinski definition) is 2. The summed E-state index contributed by atoms with van der Waals surface area (Å²) in [7, 11) is 0. The molecule has 15 heavy (non-hydrogen) atoms. The number of nitrogens with zero attached hydrogens (tertiary/aromatic N) is 1. The highest BCUT2D eigenvalue weighted by molar-refractivity contribution is 5.81. The zero-order chi connectivity index (χ0) is 11.3. The van der Waals surface area contributed by atoms with Crippen molar-refractivity contribution >= 4 is 5.91 Å². The Kier molecular flexibility index (Phi) is 5.09. The van der Waals surface area contributed by atoms with Crippen LogP contribution in [-0.2, 0) is 4.79 Å². The minimum atomic E-state index is 0.0410. The first-order chi connectivity index (χ1) is 7.15. The fourth-order valence-electron chi connectivity index (χ4n) is 2.14. The molecule has 0 saturated carbocycles. The van der Waals surface area contributed by atoms with Crippen molar-refractivity contribution in [2.24, 2.45) is 5.92 Å². The lowest BCUT2D eigenvalue weighted by atomic mass is 9.99. The highest BCUT2D eigenvalue weighted by atomic mass is 16.2. The quantitative estimate of drug-likeness (QED) is 0.768. The van der Waals surface area contributed by atoms with Crippen molar-refractivity contribution in [3.63, 3.8) is 0 Å². The molecule has 1 fully saturated rings. The van der Waals surface area contributed by atoms with Gasteiger partial charge in [-0.25, -0.2) is 0 Å². The van der Waals surface area contributed by atoms with Crippen LogP contribution < -0.4 is 5.32 Å². The number of rotatable bonds is 4. The average molecular weight is 212 g/mol. The smallest absolute Gasteiger partial charge is 0.237 e. The van der Waals surface area contributed by atoms with E-state index >= 15 is 0 Å². The monoisotopic (exact) mass is 212 g/mol. The van der Waals surface area contributed by atoms with Gasteiger partial charge in [-0.05, 0) is 38.6 Å². The number of hydrogen-bond donors (Lipinski definition) is 1. The normalized spacial score (nSPS) is 24.9. The molecular weight excluding hydrogens is 188 g/mol.